The van der Waals surface area contributed by atoms with E-state index in [9.17, 15) is 9.59 Å². The number of amides is 1. The van der Waals surface area contributed by atoms with E-state index in [1.165, 1.54) is 0 Å². The number of hydrogen-bond donors (Lipinski definition) is 1. The Hall–Kier alpha value is -2.57. The van der Waals surface area contributed by atoms with Gasteiger partial charge in [0.2, 0.25) is 5.91 Å². The summed E-state index contributed by atoms with van der Waals surface area (Å²) in [4.78, 5) is 26.1. The molecule has 1 heterocycles. The topological polar surface area (TPSA) is 73.9 Å². The zero-order valence-corrected chi connectivity index (χ0v) is 19.4. The van der Waals surface area contributed by atoms with E-state index in [-0.39, 0.29) is 12.5 Å². The molecule has 0 aliphatic carbocycles. The van der Waals surface area contributed by atoms with Crippen LogP contribution in [0.3, 0.4) is 0 Å². The van der Waals surface area contributed by atoms with E-state index in [0.29, 0.717) is 54.7 Å². The summed E-state index contributed by atoms with van der Waals surface area (Å²) in [6.07, 6.45) is 2.90. The second-order valence-electron chi connectivity index (χ2n) is 7.76. The van der Waals surface area contributed by atoms with Crippen LogP contribution in [-0.2, 0) is 19.7 Å². The molecule has 0 bridgehead atoms. The van der Waals surface area contributed by atoms with Crippen molar-refractivity contribution in [2.24, 2.45) is 0 Å². The second-order valence-corrected chi connectivity index (χ2v) is 8.17. The third-order valence-corrected chi connectivity index (χ3v) is 5.99. The number of ether oxygens (including phenoxy) is 3. The molecule has 2 aromatic rings. The number of hydrogen-bond acceptors (Lipinski definition) is 5. The lowest BCUT2D eigenvalue weighted by molar-refractivity contribution is -0.125. The largest absolute Gasteiger partial charge is 0.493 e. The third kappa shape index (κ3) is 5.43. The van der Waals surface area contributed by atoms with Crippen LogP contribution >= 0.6 is 11.6 Å². The highest BCUT2D eigenvalue weighted by Gasteiger charge is 2.43. The van der Waals surface area contributed by atoms with E-state index >= 15 is 0 Å². The summed E-state index contributed by atoms with van der Waals surface area (Å²) in [6, 6.07) is 12.5. The van der Waals surface area contributed by atoms with Crippen LogP contribution in [0.2, 0.25) is 5.02 Å². The molecule has 1 aliphatic rings. The number of rotatable bonds is 9. The summed E-state index contributed by atoms with van der Waals surface area (Å²) in [5, 5.41) is 3.55. The fourth-order valence-electron chi connectivity index (χ4n) is 3.87. The van der Waals surface area contributed by atoms with Gasteiger partial charge in [-0.3, -0.25) is 4.79 Å². The fourth-order valence-corrected chi connectivity index (χ4v) is 4.18. The number of anilines is 1. The quantitative estimate of drug-likeness (QED) is 0.402. The number of carbonyl (C=O) groups is 2. The maximum absolute atomic E-state index is 13.6. The van der Waals surface area contributed by atoms with Crippen LogP contribution in [-0.4, -0.2) is 38.3 Å². The molecule has 1 aliphatic heterocycles. The fraction of sp³-hybridized carbons (Fsp3) is 0.440. The number of halogens is 1. The highest BCUT2D eigenvalue weighted by Crippen LogP contribution is 2.40. The first kappa shape index (κ1) is 24.1. The molecule has 0 saturated carbocycles. The molecular weight excluding hydrogens is 430 g/mol. The van der Waals surface area contributed by atoms with Gasteiger partial charge in [-0.05, 0) is 56.0 Å². The van der Waals surface area contributed by atoms with Gasteiger partial charge in [-0.25, -0.2) is 4.79 Å². The number of unbranched alkanes of at least 4 members (excludes halogenated alkanes) is 1. The summed E-state index contributed by atoms with van der Waals surface area (Å²) < 4.78 is 16.5. The van der Waals surface area contributed by atoms with Gasteiger partial charge in [0.15, 0.2) is 0 Å². The Morgan fingerprint density at radius 3 is 2.56 bits per heavy atom. The summed E-state index contributed by atoms with van der Waals surface area (Å²) in [5.74, 6) is -0.216. The average Bonchev–Trinajstić information content (AvgIpc) is 2.81. The van der Waals surface area contributed by atoms with Gasteiger partial charge in [0.25, 0.3) is 0 Å². The first-order chi connectivity index (χ1) is 15.5. The molecule has 0 spiro atoms. The van der Waals surface area contributed by atoms with E-state index in [1.54, 1.807) is 31.2 Å². The van der Waals surface area contributed by atoms with Gasteiger partial charge in [-0.15, -0.1) is 0 Å². The Labute approximate surface area is 194 Å². The Bertz CT molecular complexity index is 940. The van der Waals surface area contributed by atoms with Crippen LogP contribution in [0.1, 0.15) is 55.5 Å². The number of nitrogens with one attached hydrogen (secondary N) is 1. The first-order valence-electron chi connectivity index (χ1n) is 11.1. The molecule has 1 N–H and O–H groups in total. The molecule has 1 saturated heterocycles. The highest BCUT2D eigenvalue weighted by atomic mass is 35.5. The standard InChI is InChI=1S/C25H30ClNO5/c1-3-5-14-32-22-11-10-18(17-19(22)23(28)31-4-2)27-24(29)25(12-15-30-16-13-25)20-8-6-7-9-21(20)26/h6-11,17H,3-5,12-16H2,1-2H3,(H,27,29). The van der Waals surface area contributed by atoms with Crippen LogP contribution in [0.25, 0.3) is 0 Å². The van der Waals surface area contributed by atoms with Gasteiger partial charge in [0, 0.05) is 23.9 Å². The van der Waals surface area contributed by atoms with E-state index < -0.39 is 11.4 Å². The van der Waals surface area contributed by atoms with Crippen molar-refractivity contribution in [2.75, 3.05) is 31.7 Å². The molecule has 1 fully saturated rings. The SMILES string of the molecule is CCCCOc1ccc(NC(=O)C2(c3ccccc3Cl)CCOCC2)cc1C(=O)OCC. The lowest BCUT2D eigenvalue weighted by Crippen LogP contribution is -2.45. The number of esters is 1. The zero-order chi connectivity index (χ0) is 23.0. The zero-order valence-electron chi connectivity index (χ0n) is 18.6. The molecule has 3 rings (SSSR count). The van der Waals surface area contributed by atoms with Crippen molar-refractivity contribution in [2.45, 2.75) is 44.9 Å². The van der Waals surface area contributed by atoms with Crippen LogP contribution in [0, 0.1) is 0 Å². The van der Waals surface area contributed by atoms with Gasteiger partial charge in [-0.2, -0.15) is 0 Å². The van der Waals surface area contributed by atoms with Gasteiger partial charge in [-0.1, -0.05) is 43.1 Å². The lowest BCUT2D eigenvalue weighted by atomic mass is 9.73. The van der Waals surface area contributed by atoms with E-state index in [4.69, 9.17) is 25.8 Å². The third-order valence-electron chi connectivity index (χ3n) is 5.66. The van der Waals surface area contributed by atoms with Crippen molar-refractivity contribution >= 4 is 29.2 Å². The Kier molecular flexibility index (Phi) is 8.53. The first-order valence-corrected chi connectivity index (χ1v) is 11.5. The molecular formula is C25H30ClNO5. The molecule has 0 radical (unpaired) electrons. The molecule has 172 valence electrons. The predicted octanol–water partition coefficient (Wildman–Crippen LogP) is 5.38. The van der Waals surface area contributed by atoms with Crippen LogP contribution in [0.4, 0.5) is 5.69 Å². The predicted molar refractivity (Wildman–Crippen MR) is 125 cm³/mol. The minimum absolute atomic E-state index is 0.177. The van der Waals surface area contributed by atoms with Gasteiger partial charge >= 0.3 is 5.97 Å². The van der Waals surface area contributed by atoms with Crippen LogP contribution < -0.4 is 10.1 Å². The molecule has 7 heteroatoms. The number of carbonyl (C=O) groups excluding carboxylic acids is 2. The highest BCUT2D eigenvalue weighted by molar-refractivity contribution is 6.31. The summed E-state index contributed by atoms with van der Waals surface area (Å²) in [5.41, 5.74) is 0.766. The molecule has 1 amide bonds. The van der Waals surface area contributed by atoms with Crippen LogP contribution in [0.5, 0.6) is 5.75 Å². The van der Waals surface area contributed by atoms with Crippen LogP contribution in [0.15, 0.2) is 42.5 Å². The minimum atomic E-state index is -0.809. The van der Waals surface area contributed by atoms with Crippen molar-refractivity contribution in [1.29, 1.82) is 0 Å². The van der Waals surface area contributed by atoms with E-state index in [0.717, 1.165) is 18.4 Å². The van der Waals surface area contributed by atoms with Crippen molar-refractivity contribution < 1.29 is 23.8 Å². The molecule has 6 nitrogen and oxygen atoms in total. The molecule has 32 heavy (non-hydrogen) atoms. The minimum Gasteiger partial charge on any atom is -0.493 e. The van der Waals surface area contributed by atoms with Crippen molar-refractivity contribution in [3.05, 3.63) is 58.6 Å². The summed E-state index contributed by atoms with van der Waals surface area (Å²) in [6.45, 7) is 5.51. The smallest absolute Gasteiger partial charge is 0.341 e. The van der Waals surface area contributed by atoms with E-state index in [1.807, 2.05) is 18.2 Å². The van der Waals surface area contributed by atoms with Gasteiger partial charge in [0.1, 0.15) is 11.3 Å². The normalized spacial score (nSPS) is 15.1. The number of benzene rings is 2. The maximum Gasteiger partial charge on any atom is 0.341 e. The Morgan fingerprint density at radius 2 is 1.88 bits per heavy atom. The molecule has 0 aromatic heterocycles. The Balaban J connectivity index is 1.90. The summed E-state index contributed by atoms with van der Waals surface area (Å²) in [7, 11) is 0. The molecule has 0 unspecified atom stereocenters. The maximum atomic E-state index is 13.6. The van der Waals surface area contributed by atoms with Crippen molar-refractivity contribution in [1.82, 2.24) is 0 Å². The van der Waals surface area contributed by atoms with Gasteiger partial charge < -0.3 is 19.5 Å². The second kappa shape index (κ2) is 11.3. The Morgan fingerprint density at radius 1 is 1.12 bits per heavy atom. The lowest BCUT2D eigenvalue weighted by Gasteiger charge is -2.36. The average molecular weight is 460 g/mol. The molecule has 0 atom stereocenters. The van der Waals surface area contributed by atoms with Crippen molar-refractivity contribution in [3.8, 4) is 5.75 Å². The monoisotopic (exact) mass is 459 g/mol. The van der Waals surface area contributed by atoms with Crippen molar-refractivity contribution in [3.63, 3.8) is 0 Å². The van der Waals surface area contributed by atoms with Gasteiger partial charge in [0.05, 0.1) is 18.6 Å². The molecule has 2 aromatic carbocycles. The summed E-state index contributed by atoms with van der Waals surface area (Å²) >= 11 is 6.48. The van der Waals surface area contributed by atoms with E-state index in [2.05, 4.69) is 12.2 Å².